The summed E-state index contributed by atoms with van der Waals surface area (Å²) in [5, 5.41) is 3.09. The van der Waals surface area contributed by atoms with Crippen LogP contribution in [0.15, 0.2) is 60.7 Å². The van der Waals surface area contributed by atoms with Gasteiger partial charge in [-0.15, -0.1) is 0 Å². The van der Waals surface area contributed by atoms with Crippen molar-refractivity contribution in [2.45, 2.75) is 6.54 Å². The van der Waals surface area contributed by atoms with Gasteiger partial charge in [0.2, 0.25) is 10.0 Å². The van der Waals surface area contributed by atoms with Crippen molar-refractivity contribution in [2.75, 3.05) is 15.9 Å². The molecule has 0 saturated heterocycles. The van der Waals surface area contributed by atoms with E-state index in [0.717, 1.165) is 22.7 Å². The summed E-state index contributed by atoms with van der Waals surface area (Å²) < 4.78 is 52.2. The number of benzene rings is 3. The molecule has 0 unspecified atom stereocenters. The molecule has 0 fully saturated rings. The van der Waals surface area contributed by atoms with Crippen molar-refractivity contribution in [3.8, 4) is 0 Å². The highest BCUT2D eigenvalue weighted by Gasteiger charge is 2.21. The van der Waals surface area contributed by atoms with Crippen LogP contribution in [0.25, 0.3) is 0 Å². The number of amides is 1. The molecular weight excluding hydrogens is 469 g/mol. The first-order valence-electron chi connectivity index (χ1n) is 8.83. The zero-order valence-corrected chi connectivity index (χ0v) is 18.4. The average Bonchev–Trinajstić information content (AvgIpc) is 2.70. The fourth-order valence-corrected chi connectivity index (χ4v) is 4.17. The van der Waals surface area contributed by atoms with E-state index in [2.05, 4.69) is 5.32 Å². The molecule has 1 amide bonds. The van der Waals surface area contributed by atoms with Crippen LogP contribution in [0.3, 0.4) is 0 Å². The van der Waals surface area contributed by atoms with Gasteiger partial charge in [-0.3, -0.25) is 9.10 Å². The molecular formula is C21H16Cl2F2N2O3S. The molecule has 0 spiro atoms. The van der Waals surface area contributed by atoms with E-state index in [-0.39, 0.29) is 17.8 Å². The Balaban J connectivity index is 1.84. The van der Waals surface area contributed by atoms with Crippen LogP contribution < -0.4 is 9.62 Å². The van der Waals surface area contributed by atoms with Crippen molar-refractivity contribution in [2.24, 2.45) is 0 Å². The van der Waals surface area contributed by atoms with Crippen LogP contribution in [0, 0.1) is 11.6 Å². The molecule has 3 rings (SSSR count). The molecule has 0 bridgehead atoms. The number of sulfonamides is 1. The topological polar surface area (TPSA) is 66.5 Å². The Morgan fingerprint density at radius 2 is 1.58 bits per heavy atom. The molecule has 3 aromatic carbocycles. The number of carbonyl (C=O) groups is 1. The smallest absolute Gasteiger partial charge is 0.255 e. The van der Waals surface area contributed by atoms with Crippen LogP contribution >= 0.6 is 23.2 Å². The predicted molar refractivity (Wildman–Crippen MR) is 118 cm³/mol. The monoisotopic (exact) mass is 484 g/mol. The molecule has 0 saturated carbocycles. The number of rotatable bonds is 6. The predicted octanol–water partition coefficient (Wildman–Crippen LogP) is 5.49. The lowest BCUT2D eigenvalue weighted by Gasteiger charge is -2.23. The minimum absolute atomic E-state index is 0.0825. The van der Waals surface area contributed by atoms with E-state index in [9.17, 15) is 22.0 Å². The number of nitrogens with one attached hydrogen (secondary N) is 1. The zero-order valence-electron chi connectivity index (χ0n) is 16.1. The van der Waals surface area contributed by atoms with Gasteiger partial charge in [0, 0.05) is 32.9 Å². The van der Waals surface area contributed by atoms with E-state index in [0.29, 0.717) is 21.3 Å². The molecule has 0 heterocycles. The Morgan fingerprint density at radius 1 is 0.968 bits per heavy atom. The standard InChI is InChI=1S/C21H16Cl2F2N2O3S/c1-31(29,30)27(12-16-17(22)3-2-4-18(16)23)15-8-5-13(6-9-15)21(28)26-14-7-10-19(24)20(25)11-14/h2-11H,12H2,1H3,(H,26,28). The molecule has 0 radical (unpaired) electrons. The van der Waals surface area contributed by atoms with Crippen LogP contribution in [0.1, 0.15) is 15.9 Å². The van der Waals surface area contributed by atoms with Gasteiger partial charge in [-0.05, 0) is 48.5 Å². The van der Waals surface area contributed by atoms with Gasteiger partial charge in [-0.1, -0.05) is 29.3 Å². The van der Waals surface area contributed by atoms with Gasteiger partial charge < -0.3 is 5.32 Å². The average molecular weight is 485 g/mol. The second kappa shape index (κ2) is 9.21. The molecule has 0 atom stereocenters. The van der Waals surface area contributed by atoms with Crippen molar-refractivity contribution in [1.82, 2.24) is 0 Å². The molecule has 162 valence electrons. The number of hydrogen-bond donors (Lipinski definition) is 1. The Hall–Kier alpha value is -2.68. The molecule has 31 heavy (non-hydrogen) atoms. The first-order valence-corrected chi connectivity index (χ1v) is 11.4. The summed E-state index contributed by atoms with van der Waals surface area (Å²) in [5.74, 6) is -2.69. The van der Waals surface area contributed by atoms with Gasteiger partial charge in [0.1, 0.15) is 0 Å². The summed E-state index contributed by atoms with van der Waals surface area (Å²) >= 11 is 12.3. The van der Waals surface area contributed by atoms with Gasteiger partial charge in [0.25, 0.3) is 5.91 Å². The van der Waals surface area contributed by atoms with Gasteiger partial charge in [0.05, 0.1) is 18.5 Å². The third kappa shape index (κ3) is 5.52. The van der Waals surface area contributed by atoms with E-state index in [4.69, 9.17) is 23.2 Å². The highest BCUT2D eigenvalue weighted by atomic mass is 35.5. The quantitative estimate of drug-likeness (QED) is 0.502. The van der Waals surface area contributed by atoms with Gasteiger partial charge in [0.15, 0.2) is 11.6 Å². The Labute approximate surface area is 188 Å². The van der Waals surface area contributed by atoms with Crippen LogP contribution in [0.5, 0.6) is 0 Å². The molecule has 10 heteroatoms. The minimum Gasteiger partial charge on any atom is -0.322 e. The lowest BCUT2D eigenvalue weighted by atomic mass is 10.1. The maximum absolute atomic E-state index is 13.3. The van der Waals surface area contributed by atoms with Crippen molar-refractivity contribution < 1.29 is 22.0 Å². The summed E-state index contributed by atoms with van der Waals surface area (Å²) in [5.41, 5.74) is 1.01. The van der Waals surface area contributed by atoms with E-state index in [1.54, 1.807) is 18.2 Å². The highest BCUT2D eigenvalue weighted by molar-refractivity contribution is 7.92. The maximum Gasteiger partial charge on any atom is 0.255 e. The molecule has 0 aromatic heterocycles. The third-order valence-electron chi connectivity index (χ3n) is 4.36. The van der Waals surface area contributed by atoms with Crippen molar-refractivity contribution in [1.29, 1.82) is 0 Å². The second-order valence-electron chi connectivity index (χ2n) is 6.60. The van der Waals surface area contributed by atoms with Gasteiger partial charge in [-0.25, -0.2) is 17.2 Å². The fraction of sp³-hybridized carbons (Fsp3) is 0.0952. The van der Waals surface area contributed by atoms with E-state index in [1.165, 1.54) is 30.3 Å². The van der Waals surface area contributed by atoms with E-state index in [1.807, 2.05) is 0 Å². The SMILES string of the molecule is CS(=O)(=O)N(Cc1c(Cl)cccc1Cl)c1ccc(C(=O)Nc2ccc(F)c(F)c2)cc1. The number of anilines is 2. The maximum atomic E-state index is 13.3. The van der Waals surface area contributed by atoms with Gasteiger partial charge >= 0.3 is 0 Å². The second-order valence-corrected chi connectivity index (χ2v) is 9.32. The van der Waals surface area contributed by atoms with Crippen LogP contribution in [0.2, 0.25) is 10.0 Å². The van der Waals surface area contributed by atoms with Gasteiger partial charge in [-0.2, -0.15) is 0 Å². The van der Waals surface area contributed by atoms with Crippen LogP contribution in [0.4, 0.5) is 20.2 Å². The minimum atomic E-state index is -3.70. The third-order valence-corrected chi connectivity index (χ3v) is 6.21. The lowest BCUT2D eigenvalue weighted by Crippen LogP contribution is -2.29. The first kappa shape index (κ1) is 23.0. The van der Waals surface area contributed by atoms with E-state index < -0.39 is 27.6 Å². The summed E-state index contributed by atoms with van der Waals surface area (Å²) in [7, 11) is -3.70. The van der Waals surface area contributed by atoms with E-state index >= 15 is 0 Å². The first-order chi connectivity index (χ1) is 14.6. The number of halogens is 4. The van der Waals surface area contributed by atoms with Crippen LogP contribution in [-0.4, -0.2) is 20.6 Å². The summed E-state index contributed by atoms with van der Waals surface area (Å²) in [6, 6.07) is 13.6. The normalized spacial score (nSPS) is 11.3. The number of hydrogen-bond acceptors (Lipinski definition) is 3. The molecule has 1 N–H and O–H groups in total. The summed E-state index contributed by atoms with van der Waals surface area (Å²) in [4.78, 5) is 12.4. The molecule has 0 aliphatic rings. The highest BCUT2D eigenvalue weighted by Crippen LogP contribution is 2.29. The summed E-state index contributed by atoms with van der Waals surface area (Å²) in [6.07, 6.45) is 1.04. The van der Waals surface area contributed by atoms with Crippen molar-refractivity contribution in [3.05, 3.63) is 93.5 Å². The lowest BCUT2D eigenvalue weighted by molar-refractivity contribution is 0.102. The summed E-state index contributed by atoms with van der Waals surface area (Å²) in [6.45, 7) is -0.0995. The zero-order chi connectivity index (χ0) is 22.8. The largest absolute Gasteiger partial charge is 0.322 e. The Bertz CT molecular complexity index is 1220. The number of nitrogens with zero attached hydrogens (tertiary/aromatic N) is 1. The van der Waals surface area contributed by atoms with Crippen molar-refractivity contribution >= 4 is 50.5 Å². The van der Waals surface area contributed by atoms with Crippen LogP contribution in [-0.2, 0) is 16.6 Å². The molecule has 5 nitrogen and oxygen atoms in total. The molecule has 3 aromatic rings. The molecule has 0 aliphatic heterocycles. The Morgan fingerprint density at radius 3 is 2.13 bits per heavy atom. The number of carbonyl (C=O) groups excluding carboxylic acids is 1. The Kier molecular flexibility index (Phi) is 6.83. The van der Waals surface area contributed by atoms with Crippen molar-refractivity contribution in [3.63, 3.8) is 0 Å². The molecule has 0 aliphatic carbocycles. The fourth-order valence-electron chi connectivity index (χ4n) is 2.78.